The molecule has 7 nitrogen and oxygen atoms in total. The number of carbonyl (C=O) groups is 2. The molecule has 0 aliphatic carbocycles. The van der Waals surface area contributed by atoms with Crippen molar-refractivity contribution in [3.8, 4) is 0 Å². The number of piperidine rings is 1. The summed E-state index contributed by atoms with van der Waals surface area (Å²) in [5.41, 5.74) is -1.25. The van der Waals surface area contributed by atoms with Crippen LogP contribution in [0.3, 0.4) is 0 Å². The molecule has 2 amide bonds. The van der Waals surface area contributed by atoms with Gasteiger partial charge in [0.25, 0.3) is 0 Å². The molecular formula is C19H25ClF3N3O4S. The minimum Gasteiger partial charge on any atom is -0.354 e. The summed E-state index contributed by atoms with van der Waals surface area (Å²) in [6.07, 6.45) is -3.92. The molecule has 0 saturated carbocycles. The number of nitrogens with one attached hydrogen (secondary N) is 2. The molecule has 12 heteroatoms. The molecule has 0 aromatic heterocycles. The van der Waals surface area contributed by atoms with E-state index in [9.17, 15) is 31.2 Å². The molecule has 1 saturated heterocycles. The van der Waals surface area contributed by atoms with Crippen LogP contribution in [0.2, 0.25) is 5.02 Å². The van der Waals surface area contributed by atoms with Gasteiger partial charge in [-0.3, -0.25) is 9.59 Å². The number of amides is 2. The van der Waals surface area contributed by atoms with E-state index in [1.165, 1.54) is 0 Å². The van der Waals surface area contributed by atoms with Crippen molar-refractivity contribution >= 4 is 33.4 Å². The SMILES string of the molecule is CC(C)NC(=O)C1CCN(C(=O)CCNS(=O)(=O)c2ccc(Cl)c(C(F)(F)F)c2)CC1. The topological polar surface area (TPSA) is 95.6 Å². The van der Waals surface area contributed by atoms with Crippen LogP contribution < -0.4 is 10.0 Å². The van der Waals surface area contributed by atoms with Gasteiger partial charge in [-0.05, 0) is 44.9 Å². The smallest absolute Gasteiger partial charge is 0.354 e. The van der Waals surface area contributed by atoms with Gasteiger partial charge >= 0.3 is 6.18 Å². The quantitative estimate of drug-likeness (QED) is 0.623. The zero-order valence-corrected chi connectivity index (χ0v) is 18.7. The lowest BCUT2D eigenvalue weighted by Gasteiger charge is -2.31. The summed E-state index contributed by atoms with van der Waals surface area (Å²) in [4.78, 5) is 25.3. The third-order valence-corrected chi connectivity index (χ3v) is 6.62. The molecular weight excluding hydrogens is 459 g/mol. The summed E-state index contributed by atoms with van der Waals surface area (Å²) in [6, 6.07) is 2.32. The fourth-order valence-electron chi connectivity index (χ4n) is 3.22. The standard InChI is InChI=1S/C19H25ClF3N3O4S/c1-12(2)25-18(28)13-6-9-26(10-7-13)17(27)5-8-24-31(29,30)14-3-4-16(20)15(11-14)19(21,22)23/h3-4,11-13,24H,5-10H2,1-2H3,(H,25,28). The lowest BCUT2D eigenvalue weighted by Crippen LogP contribution is -2.44. The van der Waals surface area contributed by atoms with Crippen molar-refractivity contribution < 1.29 is 31.2 Å². The number of hydrogen-bond acceptors (Lipinski definition) is 4. The number of likely N-dealkylation sites (tertiary alicyclic amines) is 1. The first kappa shape index (κ1) is 25.4. The highest BCUT2D eigenvalue weighted by molar-refractivity contribution is 7.89. The van der Waals surface area contributed by atoms with Gasteiger partial charge in [-0.1, -0.05) is 11.6 Å². The van der Waals surface area contributed by atoms with Crippen molar-refractivity contribution in [3.05, 3.63) is 28.8 Å². The Hall–Kier alpha value is -1.85. The highest BCUT2D eigenvalue weighted by Gasteiger charge is 2.34. The molecule has 1 aliphatic rings. The third-order valence-electron chi connectivity index (χ3n) is 4.83. The van der Waals surface area contributed by atoms with Crippen LogP contribution in [-0.2, 0) is 25.8 Å². The third kappa shape index (κ3) is 7.08. The summed E-state index contributed by atoms with van der Waals surface area (Å²) in [6.45, 7) is 4.23. The lowest BCUT2D eigenvalue weighted by atomic mass is 9.95. The first-order valence-electron chi connectivity index (χ1n) is 9.76. The zero-order valence-electron chi connectivity index (χ0n) is 17.1. The van der Waals surface area contributed by atoms with Crippen molar-refractivity contribution in [2.45, 2.75) is 50.2 Å². The first-order chi connectivity index (χ1) is 14.3. The Morgan fingerprint density at radius 3 is 2.39 bits per heavy atom. The van der Waals surface area contributed by atoms with Crippen molar-refractivity contribution in [3.63, 3.8) is 0 Å². The maximum atomic E-state index is 12.9. The van der Waals surface area contributed by atoms with E-state index in [1.54, 1.807) is 4.90 Å². The maximum Gasteiger partial charge on any atom is 0.417 e. The minimum atomic E-state index is -4.79. The van der Waals surface area contributed by atoms with Gasteiger partial charge in [0.15, 0.2) is 0 Å². The fraction of sp³-hybridized carbons (Fsp3) is 0.579. The summed E-state index contributed by atoms with van der Waals surface area (Å²) >= 11 is 5.51. The minimum absolute atomic E-state index is 0.0352. The molecule has 1 aromatic rings. The van der Waals surface area contributed by atoms with E-state index in [2.05, 4.69) is 10.0 Å². The van der Waals surface area contributed by atoms with Crippen LogP contribution in [0.1, 0.15) is 38.7 Å². The number of benzene rings is 1. The number of rotatable bonds is 7. The molecule has 1 fully saturated rings. The van der Waals surface area contributed by atoms with Gasteiger partial charge in [-0.15, -0.1) is 0 Å². The molecule has 1 heterocycles. The molecule has 2 rings (SSSR count). The number of hydrogen-bond donors (Lipinski definition) is 2. The molecule has 31 heavy (non-hydrogen) atoms. The van der Waals surface area contributed by atoms with E-state index < -0.39 is 31.7 Å². The van der Waals surface area contributed by atoms with Crippen LogP contribution >= 0.6 is 11.6 Å². The van der Waals surface area contributed by atoms with E-state index in [-0.39, 0.29) is 36.7 Å². The number of sulfonamides is 1. The number of carbonyl (C=O) groups excluding carboxylic acids is 2. The summed E-state index contributed by atoms with van der Waals surface area (Å²) in [5.74, 6) is -0.508. The molecule has 0 radical (unpaired) electrons. The van der Waals surface area contributed by atoms with Gasteiger partial charge in [-0.2, -0.15) is 13.2 Å². The van der Waals surface area contributed by atoms with E-state index >= 15 is 0 Å². The van der Waals surface area contributed by atoms with Gasteiger partial charge < -0.3 is 10.2 Å². The Balaban J connectivity index is 1.88. The van der Waals surface area contributed by atoms with Crippen LogP contribution in [-0.4, -0.2) is 50.8 Å². The van der Waals surface area contributed by atoms with Gasteiger partial charge in [0.2, 0.25) is 21.8 Å². The zero-order chi connectivity index (χ0) is 23.4. The van der Waals surface area contributed by atoms with Gasteiger partial charge in [-0.25, -0.2) is 13.1 Å². The van der Waals surface area contributed by atoms with Crippen LogP contribution in [0, 0.1) is 5.92 Å². The number of alkyl halides is 3. The van der Waals surface area contributed by atoms with Crippen LogP contribution in [0.5, 0.6) is 0 Å². The molecule has 0 atom stereocenters. The lowest BCUT2D eigenvalue weighted by molar-refractivity contribution is -0.137. The van der Waals surface area contributed by atoms with Crippen LogP contribution in [0.15, 0.2) is 23.1 Å². The first-order valence-corrected chi connectivity index (χ1v) is 11.6. The molecule has 0 bridgehead atoms. The highest BCUT2D eigenvalue weighted by Crippen LogP contribution is 2.35. The van der Waals surface area contributed by atoms with Crippen molar-refractivity contribution in [1.29, 1.82) is 0 Å². The van der Waals surface area contributed by atoms with Crippen LogP contribution in [0.25, 0.3) is 0 Å². The maximum absolute atomic E-state index is 12.9. The monoisotopic (exact) mass is 483 g/mol. The normalized spacial score (nSPS) is 15.9. The Morgan fingerprint density at radius 1 is 1.23 bits per heavy atom. The van der Waals surface area contributed by atoms with E-state index in [0.29, 0.717) is 32.0 Å². The second-order valence-corrected chi connectivity index (χ2v) is 9.78. The Labute approximate surface area is 184 Å². The molecule has 0 unspecified atom stereocenters. The molecule has 1 aliphatic heterocycles. The summed E-state index contributed by atoms with van der Waals surface area (Å²) in [7, 11) is -4.25. The highest BCUT2D eigenvalue weighted by atomic mass is 35.5. The fourth-order valence-corrected chi connectivity index (χ4v) is 4.50. The molecule has 0 spiro atoms. The van der Waals surface area contributed by atoms with E-state index in [4.69, 9.17) is 11.6 Å². The molecule has 174 valence electrons. The Morgan fingerprint density at radius 2 is 1.84 bits per heavy atom. The summed E-state index contributed by atoms with van der Waals surface area (Å²) in [5, 5.41) is 2.24. The average molecular weight is 484 g/mol. The molecule has 2 N–H and O–H groups in total. The second-order valence-electron chi connectivity index (χ2n) is 7.61. The van der Waals surface area contributed by atoms with E-state index in [1.807, 2.05) is 13.8 Å². The van der Waals surface area contributed by atoms with E-state index in [0.717, 1.165) is 12.1 Å². The predicted octanol–water partition coefficient (Wildman–Crippen LogP) is 2.79. The predicted molar refractivity (Wildman–Crippen MR) is 109 cm³/mol. The Kier molecular flexibility index (Phi) is 8.34. The number of nitrogens with zero attached hydrogens (tertiary/aromatic N) is 1. The number of halogens is 4. The molecule has 1 aromatic carbocycles. The van der Waals surface area contributed by atoms with Crippen molar-refractivity contribution in [2.75, 3.05) is 19.6 Å². The van der Waals surface area contributed by atoms with Crippen molar-refractivity contribution in [2.24, 2.45) is 5.92 Å². The van der Waals surface area contributed by atoms with Gasteiger partial charge in [0.05, 0.1) is 15.5 Å². The van der Waals surface area contributed by atoms with Crippen molar-refractivity contribution in [1.82, 2.24) is 14.9 Å². The average Bonchev–Trinajstić information content (AvgIpc) is 2.66. The summed E-state index contributed by atoms with van der Waals surface area (Å²) < 4.78 is 65.6. The van der Waals surface area contributed by atoms with Crippen LogP contribution in [0.4, 0.5) is 13.2 Å². The largest absolute Gasteiger partial charge is 0.417 e. The van der Waals surface area contributed by atoms with Gasteiger partial charge in [0, 0.05) is 38.0 Å². The van der Waals surface area contributed by atoms with Gasteiger partial charge in [0.1, 0.15) is 0 Å². The second kappa shape index (κ2) is 10.2. The Bertz CT molecular complexity index is 914.